The molecule has 0 radical (unpaired) electrons. The number of nitrogens with zero attached hydrogens (tertiary/aromatic N) is 4. The van der Waals surface area contributed by atoms with Crippen molar-refractivity contribution in [3.05, 3.63) is 46.2 Å². The van der Waals surface area contributed by atoms with Gasteiger partial charge in [-0.05, 0) is 34.9 Å². The molecule has 1 aromatic carbocycles. The summed E-state index contributed by atoms with van der Waals surface area (Å²) in [6.07, 6.45) is 2.68. The molecule has 0 aliphatic rings. The van der Waals surface area contributed by atoms with Crippen LogP contribution in [0.1, 0.15) is 51.1 Å². The normalized spacial score (nSPS) is 12.5. The molecule has 5 nitrogen and oxygen atoms in total. The van der Waals surface area contributed by atoms with Crippen molar-refractivity contribution in [3.8, 4) is 11.5 Å². The molecule has 3 aromatic rings. The molecule has 0 N–H and O–H groups in total. The summed E-state index contributed by atoms with van der Waals surface area (Å²) in [6.45, 7) is 11.0. The Morgan fingerprint density at radius 3 is 2.23 bits per heavy atom. The molecule has 138 valence electrons. The zero-order valence-corrected chi connectivity index (χ0v) is 16.9. The molecule has 0 aliphatic heterocycles. The first-order chi connectivity index (χ1) is 12.2. The first kappa shape index (κ1) is 18.7. The Labute approximate surface area is 158 Å². The molecular formula is C20H26N4OS. The Hall–Kier alpha value is -2.08. The standard InChI is InChI=1S/C20H26N4OS/c1-19(2,3)11-16-22-24-18(25-16)15-8-6-14(7-9-15)10-20(4,5)12-17-23-21-13-26-17/h6-9,13H,10-12H2,1-5H3. The lowest BCUT2D eigenvalue weighted by atomic mass is 9.83. The molecule has 0 spiro atoms. The minimum absolute atomic E-state index is 0.130. The van der Waals surface area contributed by atoms with E-state index < -0.39 is 0 Å². The summed E-state index contributed by atoms with van der Waals surface area (Å²) in [4.78, 5) is 0. The van der Waals surface area contributed by atoms with Crippen LogP contribution in [0, 0.1) is 10.8 Å². The maximum absolute atomic E-state index is 5.82. The van der Waals surface area contributed by atoms with Crippen LogP contribution < -0.4 is 0 Å². The lowest BCUT2D eigenvalue weighted by molar-refractivity contribution is 0.357. The Bertz CT molecular complexity index is 830. The van der Waals surface area contributed by atoms with E-state index in [0.29, 0.717) is 11.8 Å². The molecule has 0 unspecified atom stereocenters. The molecule has 0 saturated heterocycles. The van der Waals surface area contributed by atoms with Crippen LogP contribution in [0.15, 0.2) is 34.2 Å². The van der Waals surface area contributed by atoms with Crippen molar-refractivity contribution in [3.63, 3.8) is 0 Å². The molecule has 2 aromatic heterocycles. The van der Waals surface area contributed by atoms with E-state index in [-0.39, 0.29) is 10.8 Å². The summed E-state index contributed by atoms with van der Waals surface area (Å²) >= 11 is 1.62. The van der Waals surface area contributed by atoms with Crippen LogP contribution in [0.3, 0.4) is 0 Å². The lowest BCUT2D eigenvalue weighted by Crippen LogP contribution is -2.18. The Morgan fingerprint density at radius 1 is 0.885 bits per heavy atom. The molecule has 0 atom stereocenters. The van der Waals surface area contributed by atoms with Crippen LogP contribution in [0.4, 0.5) is 0 Å². The average molecular weight is 371 g/mol. The zero-order valence-electron chi connectivity index (χ0n) is 16.1. The van der Waals surface area contributed by atoms with Crippen LogP contribution in [0.25, 0.3) is 11.5 Å². The summed E-state index contributed by atoms with van der Waals surface area (Å²) in [5.74, 6) is 1.28. The Kier molecular flexibility index (Phi) is 5.23. The van der Waals surface area contributed by atoms with Gasteiger partial charge in [0.25, 0.3) is 0 Å². The molecule has 2 heterocycles. The fourth-order valence-corrected chi connectivity index (χ4v) is 3.74. The van der Waals surface area contributed by atoms with Gasteiger partial charge in [0.2, 0.25) is 11.8 Å². The van der Waals surface area contributed by atoms with E-state index in [1.165, 1.54) is 5.56 Å². The third-order valence-corrected chi connectivity index (χ3v) is 4.76. The average Bonchev–Trinajstić information content (AvgIpc) is 3.17. The highest BCUT2D eigenvalue weighted by Crippen LogP contribution is 2.29. The van der Waals surface area contributed by atoms with Gasteiger partial charge < -0.3 is 4.42 Å². The predicted octanol–water partition coefficient (Wildman–Crippen LogP) is 4.99. The van der Waals surface area contributed by atoms with E-state index in [1.807, 2.05) is 0 Å². The van der Waals surface area contributed by atoms with Crippen molar-refractivity contribution < 1.29 is 4.42 Å². The smallest absolute Gasteiger partial charge is 0.247 e. The van der Waals surface area contributed by atoms with Crippen molar-refractivity contribution in [1.82, 2.24) is 20.4 Å². The first-order valence-corrected chi connectivity index (χ1v) is 9.75. The number of hydrogen-bond donors (Lipinski definition) is 0. The maximum atomic E-state index is 5.82. The summed E-state index contributed by atoms with van der Waals surface area (Å²) in [5, 5.41) is 17.5. The number of hydrogen-bond acceptors (Lipinski definition) is 6. The monoisotopic (exact) mass is 370 g/mol. The molecule has 0 aliphatic carbocycles. The van der Waals surface area contributed by atoms with Gasteiger partial charge in [0, 0.05) is 18.4 Å². The fraction of sp³-hybridized carbons (Fsp3) is 0.500. The van der Waals surface area contributed by atoms with Crippen molar-refractivity contribution in [1.29, 1.82) is 0 Å². The minimum Gasteiger partial charge on any atom is -0.421 e. The fourth-order valence-electron chi connectivity index (χ4n) is 2.96. The summed E-state index contributed by atoms with van der Waals surface area (Å²) in [6, 6.07) is 8.41. The Balaban J connectivity index is 1.66. The van der Waals surface area contributed by atoms with Crippen molar-refractivity contribution in [2.24, 2.45) is 10.8 Å². The highest BCUT2D eigenvalue weighted by Gasteiger charge is 2.21. The maximum Gasteiger partial charge on any atom is 0.247 e. The predicted molar refractivity (Wildman–Crippen MR) is 104 cm³/mol. The minimum atomic E-state index is 0.130. The second-order valence-electron chi connectivity index (χ2n) is 8.79. The molecule has 0 amide bonds. The van der Waals surface area contributed by atoms with Crippen LogP contribution >= 0.6 is 11.3 Å². The van der Waals surface area contributed by atoms with Gasteiger partial charge in [0.1, 0.15) is 10.5 Å². The summed E-state index contributed by atoms with van der Waals surface area (Å²) in [7, 11) is 0. The van der Waals surface area contributed by atoms with E-state index in [1.54, 1.807) is 16.8 Å². The number of benzene rings is 1. The van der Waals surface area contributed by atoms with Gasteiger partial charge in [-0.1, -0.05) is 46.8 Å². The first-order valence-electron chi connectivity index (χ1n) is 8.87. The van der Waals surface area contributed by atoms with Gasteiger partial charge in [-0.15, -0.1) is 31.7 Å². The molecule has 6 heteroatoms. The Morgan fingerprint density at radius 2 is 1.62 bits per heavy atom. The molecule has 26 heavy (non-hydrogen) atoms. The number of aromatic nitrogens is 4. The molecular weight excluding hydrogens is 344 g/mol. The molecule has 0 saturated carbocycles. The molecule has 0 bridgehead atoms. The van der Waals surface area contributed by atoms with E-state index >= 15 is 0 Å². The van der Waals surface area contributed by atoms with Gasteiger partial charge in [-0.2, -0.15) is 0 Å². The summed E-state index contributed by atoms with van der Waals surface area (Å²) < 4.78 is 5.82. The highest BCUT2D eigenvalue weighted by atomic mass is 32.1. The van der Waals surface area contributed by atoms with E-state index in [0.717, 1.165) is 29.8 Å². The van der Waals surface area contributed by atoms with Gasteiger partial charge in [0.05, 0.1) is 0 Å². The third-order valence-electron chi connectivity index (χ3n) is 4.07. The van der Waals surface area contributed by atoms with Gasteiger partial charge >= 0.3 is 0 Å². The SMILES string of the molecule is CC(C)(C)Cc1nnc(-c2ccc(CC(C)(C)Cc3nncs3)cc2)o1. The van der Waals surface area contributed by atoms with Crippen LogP contribution in [0.5, 0.6) is 0 Å². The lowest BCUT2D eigenvalue weighted by Gasteiger charge is -2.23. The van der Waals surface area contributed by atoms with Gasteiger partial charge in [-0.25, -0.2) is 0 Å². The van der Waals surface area contributed by atoms with Crippen LogP contribution in [-0.2, 0) is 19.3 Å². The van der Waals surface area contributed by atoms with Crippen LogP contribution in [0.2, 0.25) is 0 Å². The van der Waals surface area contributed by atoms with E-state index in [2.05, 4.69) is 79.3 Å². The second kappa shape index (κ2) is 7.27. The van der Waals surface area contributed by atoms with Crippen molar-refractivity contribution >= 4 is 11.3 Å². The number of rotatable bonds is 6. The molecule has 3 rings (SSSR count). The topological polar surface area (TPSA) is 64.7 Å². The van der Waals surface area contributed by atoms with Crippen molar-refractivity contribution in [2.75, 3.05) is 0 Å². The van der Waals surface area contributed by atoms with E-state index in [4.69, 9.17) is 4.42 Å². The van der Waals surface area contributed by atoms with E-state index in [9.17, 15) is 0 Å². The van der Waals surface area contributed by atoms with Crippen molar-refractivity contribution in [2.45, 2.75) is 53.9 Å². The quantitative estimate of drug-likeness (QED) is 0.612. The summed E-state index contributed by atoms with van der Waals surface area (Å²) in [5.41, 5.74) is 4.30. The molecule has 0 fully saturated rings. The van der Waals surface area contributed by atoms with Gasteiger partial charge in [-0.3, -0.25) is 0 Å². The third kappa shape index (κ3) is 5.21. The largest absolute Gasteiger partial charge is 0.421 e. The zero-order chi connectivity index (χ0) is 18.8. The second-order valence-corrected chi connectivity index (χ2v) is 9.70. The highest BCUT2D eigenvalue weighted by molar-refractivity contribution is 7.09. The van der Waals surface area contributed by atoms with Crippen LogP contribution in [-0.4, -0.2) is 20.4 Å². The van der Waals surface area contributed by atoms with Gasteiger partial charge in [0.15, 0.2) is 0 Å².